The van der Waals surface area contributed by atoms with Gasteiger partial charge in [0.05, 0.1) is 0 Å². The molecule has 1 aromatic rings. The van der Waals surface area contributed by atoms with Gasteiger partial charge in [-0.05, 0) is 31.3 Å². The summed E-state index contributed by atoms with van der Waals surface area (Å²) >= 11 is 1.51. The molecule has 1 aromatic heterocycles. The van der Waals surface area contributed by atoms with Crippen LogP contribution in [0.2, 0.25) is 0 Å². The summed E-state index contributed by atoms with van der Waals surface area (Å²) in [5.41, 5.74) is 0.847. The molecule has 1 aliphatic heterocycles. The topological polar surface area (TPSA) is 49.4 Å². The Morgan fingerprint density at radius 1 is 1.44 bits per heavy atom. The Hall–Kier alpha value is -0.690. The zero-order chi connectivity index (χ0) is 13.2. The largest absolute Gasteiger partial charge is 0.315 e. The van der Waals surface area contributed by atoms with Crippen molar-refractivity contribution in [3.8, 4) is 0 Å². The van der Waals surface area contributed by atoms with E-state index in [1.165, 1.54) is 11.3 Å². The lowest BCUT2D eigenvalue weighted by Crippen LogP contribution is -2.34. The molecule has 1 aliphatic rings. The van der Waals surface area contributed by atoms with Crippen molar-refractivity contribution >= 4 is 21.4 Å². The first-order valence-corrected chi connectivity index (χ1v) is 8.26. The number of rotatable bonds is 4. The van der Waals surface area contributed by atoms with Gasteiger partial charge >= 0.3 is 0 Å². The molecule has 0 aromatic carbocycles. The zero-order valence-corrected chi connectivity index (χ0v) is 12.3. The minimum atomic E-state index is -3.35. The van der Waals surface area contributed by atoms with E-state index in [-0.39, 0.29) is 0 Å². The van der Waals surface area contributed by atoms with Gasteiger partial charge in [-0.25, -0.2) is 8.42 Å². The number of hydrogen-bond donors (Lipinski definition) is 1. The van der Waals surface area contributed by atoms with E-state index in [1.807, 2.05) is 31.5 Å². The lowest BCUT2D eigenvalue weighted by molar-refractivity contribution is 0.437. The SMILES string of the molecule is CNCc1scc(C)c1S(=O)(=O)N1CC=CCC1. The highest BCUT2D eigenvalue weighted by Crippen LogP contribution is 2.30. The fourth-order valence-corrected chi connectivity index (χ4v) is 5.26. The van der Waals surface area contributed by atoms with Crippen LogP contribution >= 0.6 is 11.3 Å². The van der Waals surface area contributed by atoms with E-state index in [0.29, 0.717) is 24.5 Å². The van der Waals surface area contributed by atoms with Crippen LogP contribution in [0.15, 0.2) is 22.4 Å². The van der Waals surface area contributed by atoms with E-state index in [1.54, 1.807) is 4.31 Å². The molecule has 0 unspecified atom stereocenters. The van der Waals surface area contributed by atoms with Crippen molar-refractivity contribution in [3.05, 3.63) is 28.0 Å². The summed E-state index contributed by atoms with van der Waals surface area (Å²) in [6.45, 7) is 3.52. The molecule has 0 atom stereocenters. The molecule has 0 saturated heterocycles. The lowest BCUT2D eigenvalue weighted by atomic mass is 10.3. The Morgan fingerprint density at radius 2 is 2.22 bits per heavy atom. The fourth-order valence-electron chi connectivity index (χ4n) is 2.08. The molecule has 6 heteroatoms. The molecular formula is C12H18N2O2S2. The number of sulfonamides is 1. The monoisotopic (exact) mass is 286 g/mol. The van der Waals surface area contributed by atoms with Crippen molar-refractivity contribution < 1.29 is 8.42 Å². The second kappa shape index (κ2) is 5.52. The zero-order valence-electron chi connectivity index (χ0n) is 10.6. The van der Waals surface area contributed by atoms with E-state index in [9.17, 15) is 8.42 Å². The Morgan fingerprint density at radius 3 is 2.83 bits per heavy atom. The first kappa shape index (κ1) is 13.7. The molecule has 1 N–H and O–H groups in total. The average Bonchev–Trinajstić information content (AvgIpc) is 2.73. The third kappa shape index (κ3) is 2.51. The molecule has 0 fully saturated rings. The van der Waals surface area contributed by atoms with Crippen molar-refractivity contribution in [3.63, 3.8) is 0 Å². The van der Waals surface area contributed by atoms with E-state index in [0.717, 1.165) is 16.9 Å². The molecule has 2 heterocycles. The third-order valence-electron chi connectivity index (χ3n) is 2.95. The summed E-state index contributed by atoms with van der Waals surface area (Å²) in [6.07, 6.45) is 4.74. The average molecular weight is 286 g/mol. The van der Waals surface area contributed by atoms with E-state index < -0.39 is 10.0 Å². The summed E-state index contributed by atoms with van der Waals surface area (Å²) < 4.78 is 26.8. The smallest absolute Gasteiger partial charge is 0.244 e. The van der Waals surface area contributed by atoms with Crippen LogP contribution in [0.3, 0.4) is 0 Å². The molecule has 0 amide bonds. The molecule has 0 radical (unpaired) electrons. The van der Waals surface area contributed by atoms with Gasteiger partial charge in [0, 0.05) is 24.5 Å². The number of nitrogens with one attached hydrogen (secondary N) is 1. The molecule has 0 spiro atoms. The first-order chi connectivity index (χ1) is 8.57. The van der Waals surface area contributed by atoms with Crippen molar-refractivity contribution in [1.29, 1.82) is 0 Å². The number of nitrogens with zero attached hydrogens (tertiary/aromatic N) is 1. The van der Waals surface area contributed by atoms with Crippen LogP contribution in [0.1, 0.15) is 16.9 Å². The van der Waals surface area contributed by atoms with Gasteiger partial charge < -0.3 is 5.32 Å². The van der Waals surface area contributed by atoms with E-state index >= 15 is 0 Å². The minimum absolute atomic E-state index is 0.483. The van der Waals surface area contributed by atoms with Crippen LogP contribution in [0.4, 0.5) is 0 Å². The molecule has 0 bridgehead atoms. The maximum Gasteiger partial charge on any atom is 0.244 e. The summed E-state index contributed by atoms with van der Waals surface area (Å²) in [5, 5.41) is 4.94. The number of thiophene rings is 1. The first-order valence-electron chi connectivity index (χ1n) is 5.94. The van der Waals surface area contributed by atoms with Crippen LogP contribution in [-0.4, -0.2) is 32.9 Å². The highest BCUT2D eigenvalue weighted by atomic mass is 32.2. The Bertz CT molecular complexity index is 546. The number of aryl methyl sites for hydroxylation is 1. The van der Waals surface area contributed by atoms with Crippen molar-refractivity contribution in [2.24, 2.45) is 0 Å². The Kier molecular flexibility index (Phi) is 4.21. The van der Waals surface area contributed by atoms with Crippen LogP contribution < -0.4 is 5.32 Å². The van der Waals surface area contributed by atoms with Gasteiger partial charge in [0.15, 0.2) is 0 Å². The van der Waals surface area contributed by atoms with Crippen LogP contribution in [-0.2, 0) is 16.6 Å². The predicted molar refractivity (Wildman–Crippen MR) is 74.3 cm³/mol. The second-order valence-electron chi connectivity index (χ2n) is 4.32. The molecule has 100 valence electrons. The van der Waals surface area contributed by atoms with Crippen LogP contribution in [0, 0.1) is 6.92 Å². The van der Waals surface area contributed by atoms with E-state index in [4.69, 9.17) is 0 Å². The lowest BCUT2D eigenvalue weighted by Gasteiger charge is -2.23. The van der Waals surface area contributed by atoms with Crippen LogP contribution in [0.5, 0.6) is 0 Å². The normalized spacial score (nSPS) is 17.2. The quantitative estimate of drug-likeness (QED) is 0.858. The van der Waals surface area contributed by atoms with Crippen molar-refractivity contribution in [1.82, 2.24) is 9.62 Å². The molecular weight excluding hydrogens is 268 g/mol. The highest BCUT2D eigenvalue weighted by Gasteiger charge is 2.29. The van der Waals surface area contributed by atoms with Gasteiger partial charge in [-0.3, -0.25) is 0 Å². The summed E-state index contributed by atoms with van der Waals surface area (Å²) in [5.74, 6) is 0. The molecule has 18 heavy (non-hydrogen) atoms. The van der Waals surface area contributed by atoms with Gasteiger partial charge in [0.25, 0.3) is 0 Å². The molecule has 4 nitrogen and oxygen atoms in total. The van der Waals surface area contributed by atoms with Gasteiger partial charge in [0.1, 0.15) is 4.90 Å². The maximum absolute atomic E-state index is 12.6. The van der Waals surface area contributed by atoms with Gasteiger partial charge in [-0.15, -0.1) is 11.3 Å². The summed E-state index contributed by atoms with van der Waals surface area (Å²) in [7, 11) is -1.52. The van der Waals surface area contributed by atoms with Gasteiger partial charge in [-0.1, -0.05) is 12.2 Å². The maximum atomic E-state index is 12.6. The van der Waals surface area contributed by atoms with Gasteiger partial charge in [-0.2, -0.15) is 4.31 Å². The van der Waals surface area contributed by atoms with Crippen molar-refractivity contribution in [2.75, 3.05) is 20.1 Å². The Balaban J connectivity index is 2.40. The summed E-state index contributed by atoms with van der Waals surface area (Å²) in [6, 6.07) is 0. The molecule has 2 rings (SSSR count). The second-order valence-corrected chi connectivity index (χ2v) is 7.16. The fraction of sp³-hybridized carbons (Fsp3) is 0.500. The van der Waals surface area contributed by atoms with E-state index in [2.05, 4.69) is 5.32 Å². The standard InChI is InChI=1S/C12H18N2O2S2/c1-10-9-17-11(8-13-2)12(10)18(15,16)14-6-4-3-5-7-14/h3-4,9,13H,5-8H2,1-2H3. The minimum Gasteiger partial charge on any atom is -0.315 e. The highest BCUT2D eigenvalue weighted by molar-refractivity contribution is 7.89. The number of hydrogen-bond acceptors (Lipinski definition) is 4. The summed E-state index contributed by atoms with van der Waals surface area (Å²) in [4.78, 5) is 1.39. The predicted octanol–water partition coefficient (Wildman–Crippen LogP) is 1.73. The molecule has 0 aliphatic carbocycles. The van der Waals surface area contributed by atoms with Crippen molar-refractivity contribution in [2.45, 2.75) is 24.8 Å². The molecule has 0 saturated carbocycles. The Labute approximate surface area is 112 Å². The van der Waals surface area contributed by atoms with Crippen LogP contribution in [0.25, 0.3) is 0 Å². The van der Waals surface area contributed by atoms with Gasteiger partial charge in [0.2, 0.25) is 10.0 Å². The third-order valence-corrected chi connectivity index (χ3v) is 6.27.